The lowest BCUT2D eigenvalue weighted by atomic mass is 10.0. The van der Waals surface area contributed by atoms with Crippen LogP contribution in [-0.4, -0.2) is 54.2 Å². The predicted octanol–water partition coefficient (Wildman–Crippen LogP) is 0.635. The van der Waals surface area contributed by atoms with E-state index >= 15 is 0 Å². The molecule has 0 bridgehead atoms. The molecule has 19 heavy (non-hydrogen) atoms. The fourth-order valence-electron chi connectivity index (χ4n) is 2.98. The van der Waals surface area contributed by atoms with Crippen LogP contribution in [0.25, 0.3) is 0 Å². The number of rotatable bonds is 5. The first-order valence-electron chi connectivity index (χ1n) is 7.16. The number of carbonyl (C=O) groups is 2. The summed E-state index contributed by atoms with van der Waals surface area (Å²) in [5, 5.41) is 14.6. The molecule has 1 saturated heterocycles. The van der Waals surface area contributed by atoms with Gasteiger partial charge in [-0.1, -0.05) is 6.42 Å². The first kappa shape index (κ1) is 14.1. The average Bonchev–Trinajstić information content (AvgIpc) is 2.99. The van der Waals surface area contributed by atoms with E-state index in [0.29, 0.717) is 13.0 Å². The van der Waals surface area contributed by atoms with Gasteiger partial charge in [0.15, 0.2) is 0 Å². The van der Waals surface area contributed by atoms with Crippen LogP contribution >= 0.6 is 0 Å². The second kappa shape index (κ2) is 6.75. The van der Waals surface area contributed by atoms with E-state index < -0.39 is 11.9 Å². The molecule has 6 heteroatoms. The van der Waals surface area contributed by atoms with E-state index in [1.807, 2.05) is 0 Å². The molecule has 2 atom stereocenters. The molecule has 2 amide bonds. The summed E-state index contributed by atoms with van der Waals surface area (Å²) in [5.74, 6) is -1.23. The van der Waals surface area contributed by atoms with Gasteiger partial charge in [-0.2, -0.15) is 0 Å². The molecule has 3 N–H and O–H groups in total. The maximum atomic E-state index is 11.7. The molecule has 0 spiro atoms. The number of carbonyl (C=O) groups excluding carboxylic acids is 1. The van der Waals surface area contributed by atoms with Gasteiger partial charge in [-0.05, 0) is 38.8 Å². The van der Waals surface area contributed by atoms with Gasteiger partial charge < -0.3 is 20.6 Å². The Morgan fingerprint density at radius 2 is 1.89 bits per heavy atom. The molecule has 2 fully saturated rings. The highest BCUT2D eigenvalue weighted by Crippen LogP contribution is 2.25. The molecule has 0 radical (unpaired) electrons. The van der Waals surface area contributed by atoms with Crippen LogP contribution < -0.4 is 10.6 Å². The summed E-state index contributed by atoms with van der Waals surface area (Å²) in [4.78, 5) is 25.0. The minimum Gasteiger partial charge on any atom is -0.481 e. The number of likely N-dealkylation sites (tertiary alicyclic amines) is 1. The number of nitrogens with one attached hydrogen (secondary N) is 2. The fourth-order valence-corrected chi connectivity index (χ4v) is 2.98. The van der Waals surface area contributed by atoms with Crippen molar-refractivity contribution in [1.82, 2.24) is 15.5 Å². The number of hydrogen-bond donors (Lipinski definition) is 3. The first-order chi connectivity index (χ1) is 9.16. The molecule has 1 heterocycles. The number of carboxylic acids is 1. The Hall–Kier alpha value is -1.30. The third-order valence-corrected chi connectivity index (χ3v) is 4.06. The molecule has 108 valence electrons. The molecule has 1 aliphatic heterocycles. The van der Waals surface area contributed by atoms with E-state index in [2.05, 4.69) is 15.5 Å². The van der Waals surface area contributed by atoms with Crippen molar-refractivity contribution in [3.8, 4) is 0 Å². The Morgan fingerprint density at radius 1 is 1.16 bits per heavy atom. The highest BCUT2D eigenvalue weighted by molar-refractivity contribution is 5.77. The van der Waals surface area contributed by atoms with Crippen molar-refractivity contribution >= 4 is 12.0 Å². The van der Waals surface area contributed by atoms with Crippen LogP contribution in [0.15, 0.2) is 0 Å². The highest BCUT2D eigenvalue weighted by Gasteiger charge is 2.33. The van der Waals surface area contributed by atoms with Crippen LogP contribution in [-0.2, 0) is 4.79 Å². The monoisotopic (exact) mass is 269 g/mol. The smallest absolute Gasteiger partial charge is 0.315 e. The van der Waals surface area contributed by atoms with Gasteiger partial charge in [0.1, 0.15) is 0 Å². The third kappa shape index (κ3) is 4.09. The fraction of sp³-hybridized carbons (Fsp3) is 0.846. The van der Waals surface area contributed by atoms with Crippen LogP contribution in [0.4, 0.5) is 4.79 Å². The molecular formula is C13H23N3O3. The number of hydrogen-bond acceptors (Lipinski definition) is 3. The molecule has 0 aromatic carbocycles. The Morgan fingerprint density at radius 3 is 2.58 bits per heavy atom. The second-order valence-corrected chi connectivity index (χ2v) is 5.43. The van der Waals surface area contributed by atoms with Crippen molar-refractivity contribution < 1.29 is 14.7 Å². The average molecular weight is 269 g/mol. The van der Waals surface area contributed by atoms with Crippen molar-refractivity contribution in [3.63, 3.8) is 0 Å². The largest absolute Gasteiger partial charge is 0.481 e. The van der Waals surface area contributed by atoms with Crippen LogP contribution in [0.1, 0.15) is 32.1 Å². The zero-order valence-electron chi connectivity index (χ0n) is 11.2. The van der Waals surface area contributed by atoms with Crippen molar-refractivity contribution in [2.75, 3.05) is 26.2 Å². The number of nitrogens with zero attached hydrogens (tertiary/aromatic N) is 1. The van der Waals surface area contributed by atoms with Crippen molar-refractivity contribution in [1.29, 1.82) is 0 Å². The lowest BCUT2D eigenvalue weighted by molar-refractivity contribution is -0.142. The maximum absolute atomic E-state index is 11.7. The Kier molecular flexibility index (Phi) is 5.01. The van der Waals surface area contributed by atoms with E-state index in [4.69, 9.17) is 5.11 Å². The van der Waals surface area contributed by atoms with Gasteiger partial charge in [-0.3, -0.25) is 4.79 Å². The number of amides is 2. The minimum absolute atomic E-state index is 0.218. The molecule has 0 aromatic heterocycles. The topological polar surface area (TPSA) is 81.7 Å². The van der Waals surface area contributed by atoms with E-state index in [0.717, 1.165) is 32.5 Å². The number of carboxylic acid groups (broad SMARTS) is 1. The van der Waals surface area contributed by atoms with E-state index in [1.54, 1.807) is 0 Å². The zero-order chi connectivity index (χ0) is 13.7. The van der Waals surface area contributed by atoms with E-state index in [1.165, 1.54) is 12.8 Å². The molecule has 1 aliphatic carbocycles. The molecule has 2 unspecified atom stereocenters. The predicted molar refractivity (Wildman–Crippen MR) is 71.0 cm³/mol. The summed E-state index contributed by atoms with van der Waals surface area (Å²) < 4.78 is 0. The number of aliphatic carboxylic acids is 1. The second-order valence-electron chi connectivity index (χ2n) is 5.43. The Bertz CT molecular complexity index is 329. The van der Waals surface area contributed by atoms with Crippen molar-refractivity contribution in [2.24, 2.45) is 5.92 Å². The lowest BCUT2D eigenvalue weighted by Gasteiger charge is -2.19. The van der Waals surface area contributed by atoms with Gasteiger partial charge in [0.25, 0.3) is 0 Å². The molecule has 0 aromatic rings. The molecule has 6 nitrogen and oxygen atoms in total. The van der Waals surface area contributed by atoms with Crippen LogP contribution in [0, 0.1) is 5.92 Å². The quantitative estimate of drug-likeness (QED) is 0.684. The van der Waals surface area contributed by atoms with Crippen molar-refractivity contribution in [3.05, 3.63) is 0 Å². The number of urea groups is 1. The van der Waals surface area contributed by atoms with E-state index in [9.17, 15) is 9.59 Å². The van der Waals surface area contributed by atoms with Gasteiger partial charge >= 0.3 is 12.0 Å². The van der Waals surface area contributed by atoms with Gasteiger partial charge in [-0.25, -0.2) is 4.79 Å². The standard InChI is InChI=1S/C13H23N3O3/c17-12(18)10-4-3-5-11(10)15-13(19)14-6-9-16-7-1-2-8-16/h10-11H,1-9H2,(H,17,18)(H2,14,15,19). The summed E-state index contributed by atoms with van der Waals surface area (Å²) in [7, 11) is 0. The van der Waals surface area contributed by atoms with Crippen molar-refractivity contribution in [2.45, 2.75) is 38.1 Å². The third-order valence-electron chi connectivity index (χ3n) is 4.06. The zero-order valence-corrected chi connectivity index (χ0v) is 11.2. The van der Waals surface area contributed by atoms with E-state index in [-0.39, 0.29) is 12.1 Å². The molecule has 2 aliphatic rings. The summed E-state index contributed by atoms with van der Waals surface area (Å²) >= 11 is 0. The Labute approximate surface area is 113 Å². The minimum atomic E-state index is -0.806. The first-order valence-corrected chi connectivity index (χ1v) is 7.16. The maximum Gasteiger partial charge on any atom is 0.315 e. The van der Waals surface area contributed by atoms with Gasteiger partial charge in [0, 0.05) is 19.1 Å². The summed E-state index contributed by atoms with van der Waals surface area (Å²) in [5.41, 5.74) is 0. The van der Waals surface area contributed by atoms with Gasteiger partial charge in [0.05, 0.1) is 5.92 Å². The SMILES string of the molecule is O=C(NCCN1CCCC1)NC1CCCC1C(=O)O. The Balaban J connectivity index is 1.64. The van der Waals surface area contributed by atoms with Gasteiger partial charge in [-0.15, -0.1) is 0 Å². The summed E-state index contributed by atoms with van der Waals surface area (Å²) in [6, 6.07) is -0.457. The normalized spacial score (nSPS) is 27.4. The van der Waals surface area contributed by atoms with Gasteiger partial charge in [0.2, 0.25) is 0 Å². The molecule has 2 rings (SSSR count). The highest BCUT2D eigenvalue weighted by atomic mass is 16.4. The summed E-state index contributed by atoms with van der Waals surface area (Å²) in [6.45, 7) is 3.73. The van der Waals surface area contributed by atoms with Crippen LogP contribution in [0.5, 0.6) is 0 Å². The molecule has 1 saturated carbocycles. The summed E-state index contributed by atoms with van der Waals surface area (Å²) in [6.07, 6.45) is 4.78. The van der Waals surface area contributed by atoms with Crippen LogP contribution in [0.3, 0.4) is 0 Å². The lowest BCUT2D eigenvalue weighted by Crippen LogP contribution is -2.46. The molecular weight excluding hydrogens is 246 g/mol. The van der Waals surface area contributed by atoms with Crippen LogP contribution in [0.2, 0.25) is 0 Å².